The highest BCUT2D eigenvalue weighted by molar-refractivity contribution is 5.42. The summed E-state index contributed by atoms with van der Waals surface area (Å²) in [5.41, 5.74) is 1.94. The number of hydrogen-bond donors (Lipinski definition) is 1. The molecule has 0 radical (unpaired) electrons. The van der Waals surface area contributed by atoms with E-state index < -0.39 is 11.6 Å². The second kappa shape index (κ2) is 5.22. The average Bonchev–Trinajstić information content (AvgIpc) is 2.35. The van der Waals surface area contributed by atoms with Crippen molar-refractivity contribution in [3.8, 4) is 11.6 Å². The molecule has 0 atom stereocenters. The zero-order chi connectivity index (χ0) is 14.0. The van der Waals surface area contributed by atoms with Gasteiger partial charge in [-0.1, -0.05) is 17.7 Å². The number of nitrogens with zero attached hydrogens (tertiary/aromatic N) is 1. The summed E-state index contributed by atoms with van der Waals surface area (Å²) in [6.45, 7) is 3.80. The van der Waals surface area contributed by atoms with E-state index in [4.69, 9.17) is 4.74 Å². The molecular formula is C14H14F2N2O. The normalized spacial score (nSPS) is 10.4. The van der Waals surface area contributed by atoms with Crippen molar-refractivity contribution in [1.29, 1.82) is 0 Å². The molecule has 0 amide bonds. The van der Waals surface area contributed by atoms with Gasteiger partial charge in [-0.15, -0.1) is 0 Å². The number of anilines is 1. The fourth-order valence-corrected chi connectivity index (χ4v) is 1.71. The first kappa shape index (κ1) is 13.3. The molecule has 0 fully saturated rings. The number of benzene rings is 1. The first-order chi connectivity index (χ1) is 9.01. The van der Waals surface area contributed by atoms with Crippen LogP contribution in [0.25, 0.3) is 0 Å². The van der Waals surface area contributed by atoms with E-state index >= 15 is 0 Å². The van der Waals surface area contributed by atoms with Gasteiger partial charge in [0, 0.05) is 13.1 Å². The van der Waals surface area contributed by atoms with Crippen LogP contribution in [0.5, 0.6) is 11.6 Å². The second-order valence-electron chi connectivity index (χ2n) is 4.23. The van der Waals surface area contributed by atoms with E-state index in [0.717, 1.165) is 17.2 Å². The van der Waals surface area contributed by atoms with Crippen molar-refractivity contribution in [3.05, 3.63) is 47.0 Å². The maximum absolute atomic E-state index is 13.6. The van der Waals surface area contributed by atoms with Gasteiger partial charge in [0.2, 0.25) is 0 Å². The van der Waals surface area contributed by atoms with Crippen molar-refractivity contribution < 1.29 is 13.5 Å². The van der Waals surface area contributed by atoms with Crippen molar-refractivity contribution in [2.24, 2.45) is 0 Å². The standard InChI is InChI=1S/C14H14F2N2O/c1-8-4-5-12(9(2)6-8)19-14-11(16)7-10(15)13(17-3)18-14/h4-7H,1-3H3,(H,17,18). The number of ether oxygens (including phenoxy) is 1. The smallest absolute Gasteiger partial charge is 0.258 e. The van der Waals surface area contributed by atoms with Crippen LogP contribution < -0.4 is 10.1 Å². The predicted octanol–water partition coefficient (Wildman–Crippen LogP) is 3.81. The minimum absolute atomic E-state index is 0.0545. The number of rotatable bonds is 3. The molecule has 100 valence electrons. The monoisotopic (exact) mass is 264 g/mol. The molecule has 0 aliphatic carbocycles. The molecule has 2 aromatic rings. The van der Waals surface area contributed by atoms with Crippen molar-refractivity contribution in [2.45, 2.75) is 13.8 Å². The Morgan fingerprint density at radius 1 is 1.11 bits per heavy atom. The summed E-state index contributed by atoms with van der Waals surface area (Å²) in [5.74, 6) is -1.41. The number of aryl methyl sites for hydroxylation is 2. The summed E-state index contributed by atoms with van der Waals surface area (Å²) in [4.78, 5) is 3.77. The Kier molecular flexibility index (Phi) is 3.64. The largest absolute Gasteiger partial charge is 0.436 e. The van der Waals surface area contributed by atoms with E-state index in [0.29, 0.717) is 5.75 Å². The summed E-state index contributed by atoms with van der Waals surface area (Å²) in [6.07, 6.45) is 0. The fraction of sp³-hybridized carbons (Fsp3) is 0.214. The highest BCUT2D eigenvalue weighted by atomic mass is 19.1. The molecule has 1 aromatic heterocycles. The van der Waals surface area contributed by atoms with Crippen LogP contribution in [0, 0.1) is 25.5 Å². The molecule has 1 heterocycles. The Labute approximate surface area is 110 Å². The van der Waals surface area contributed by atoms with Gasteiger partial charge in [0.25, 0.3) is 5.88 Å². The summed E-state index contributed by atoms with van der Waals surface area (Å²) >= 11 is 0. The number of pyridine rings is 1. The molecule has 0 saturated heterocycles. The van der Waals surface area contributed by atoms with Crippen molar-refractivity contribution in [1.82, 2.24) is 4.98 Å². The lowest BCUT2D eigenvalue weighted by Gasteiger charge is -2.10. The maximum atomic E-state index is 13.6. The zero-order valence-electron chi connectivity index (χ0n) is 10.9. The summed E-state index contributed by atoms with van der Waals surface area (Å²) in [5, 5.41) is 2.54. The van der Waals surface area contributed by atoms with Gasteiger partial charge >= 0.3 is 0 Å². The fourth-order valence-electron chi connectivity index (χ4n) is 1.71. The van der Waals surface area contributed by atoms with E-state index in [-0.39, 0.29) is 11.7 Å². The molecule has 5 heteroatoms. The molecule has 0 aliphatic heterocycles. The molecule has 0 saturated carbocycles. The van der Waals surface area contributed by atoms with Crippen LogP contribution >= 0.6 is 0 Å². The molecule has 19 heavy (non-hydrogen) atoms. The van der Waals surface area contributed by atoms with Crippen LogP contribution in [0.4, 0.5) is 14.6 Å². The molecule has 1 N–H and O–H groups in total. The SMILES string of the molecule is CNc1nc(Oc2ccc(C)cc2C)c(F)cc1F. The average molecular weight is 264 g/mol. The van der Waals surface area contributed by atoms with Crippen molar-refractivity contribution in [2.75, 3.05) is 12.4 Å². The van der Waals surface area contributed by atoms with Gasteiger partial charge in [0.05, 0.1) is 0 Å². The van der Waals surface area contributed by atoms with Gasteiger partial charge in [-0.05, 0) is 25.5 Å². The Hall–Kier alpha value is -2.17. The molecule has 0 unspecified atom stereocenters. The molecule has 3 nitrogen and oxygen atoms in total. The van der Waals surface area contributed by atoms with Gasteiger partial charge in [-0.2, -0.15) is 4.98 Å². The second-order valence-corrected chi connectivity index (χ2v) is 4.23. The lowest BCUT2D eigenvalue weighted by atomic mass is 10.1. The quantitative estimate of drug-likeness (QED) is 0.915. The number of nitrogens with one attached hydrogen (secondary N) is 1. The number of halogens is 2. The molecule has 2 rings (SSSR count). The van der Waals surface area contributed by atoms with Gasteiger partial charge in [-0.3, -0.25) is 0 Å². The maximum Gasteiger partial charge on any atom is 0.258 e. The Balaban J connectivity index is 2.37. The third kappa shape index (κ3) is 2.81. The van der Waals surface area contributed by atoms with E-state index in [1.54, 1.807) is 6.07 Å². The highest BCUT2D eigenvalue weighted by Crippen LogP contribution is 2.28. The van der Waals surface area contributed by atoms with Crippen LogP contribution in [-0.4, -0.2) is 12.0 Å². The molecule has 0 spiro atoms. The number of aromatic nitrogens is 1. The minimum Gasteiger partial charge on any atom is -0.436 e. The van der Waals surface area contributed by atoms with Crippen molar-refractivity contribution in [3.63, 3.8) is 0 Å². The minimum atomic E-state index is -0.837. The lowest BCUT2D eigenvalue weighted by Crippen LogP contribution is -2.01. The van der Waals surface area contributed by atoms with Crippen molar-refractivity contribution >= 4 is 5.82 Å². The van der Waals surface area contributed by atoms with Crippen LogP contribution in [-0.2, 0) is 0 Å². The first-order valence-electron chi connectivity index (χ1n) is 5.80. The third-order valence-electron chi connectivity index (χ3n) is 2.67. The van der Waals surface area contributed by atoms with Gasteiger partial charge < -0.3 is 10.1 Å². The van der Waals surface area contributed by atoms with E-state index in [1.165, 1.54) is 7.05 Å². The predicted molar refractivity (Wildman–Crippen MR) is 69.7 cm³/mol. The van der Waals surface area contributed by atoms with Crippen LogP contribution in [0.3, 0.4) is 0 Å². The summed E-state index contributed by atoms with van der Waals surface area (Å²) < 4.78 is 32.3. The Morgan fingerprint density at radius 2 is 1.84 bits per heavy atom. The van der Waals surface area contributed by atoms with Crippen LogP contribution in [0.1, 0.15) is 11.1 Å². The van der Waals surface area contributed by atoms with E-state index in [2.05, 4.69) is 10.3 Å². The summed E-state index contributed by atoms with van der Waals surface area (Å²) in [6, 6.07) is 6.24. The molecular weight excluding hydrogens is 250 g/mol. The molecule has 0 bridgehead atoms. The zero-order valence-corrected chi connectivity index (χ0v) is 10.9. The summed E-state index contributed by atoms with van der Waals surface area (Å²) in [7, 11) is 1.50. The third-order valence-corrected chi connectivity index (χ3v) is 2.67. The Morgan fingerprint density at radius 3 is 2.47 bits per heavy atom. The number of hydrogen-bond acceptors (Lipinski definition) is 3. The molecule has 0 aliphatic rings. The van der Waals surface area contributed by atoms with Gasteiger partial charge in [-0.25, -0.2) is 8.78 Å². The lowest BCUT2D eigenvalue weighted by molar-refractivity contribution is 0.415. The Bertz CT molecular complexity index is 615. The van der Waals surface area contributed by atoms with E-state index in [1.807, 2.05) is 26.0 Å². The molecule has 1 aromatic carbocycles. The van der Waals surface area contributed by atoms with Gasteiger partial charge in [0.1, 0.15) is 5.75 Å². The first-order valence-corrected chi connectivity index (χ1v) is 5.80. The topological polar surface area (TPSA) is 34.2 Å². The van der Waals surface area contributed by atoms with Gasteiger partial charge in [0.15, 0.2) is 17.5 Å². The highest BCUT2D eigenvalue weighted by Gasteiger charge is 2.13. The van der Waals surface area contributed by atoms with Crippen LogP contribution in [0.2, 0.25) is 0 Å². The van der Waals surface area contributed by atoms with E-state index in [9.17, 15) is 8.78 Å². The van der Waals surface area contributed by atoms with Crippen LogP contribution in [0.15, 0.2) is 24.3 Å².